The molecule has 0 aliphatic heterocycles. The summed E-state index contributed by atoms with van der Waals surface area (Å²) in [5.74, 6) is -0.670. The molecule has 0 atom stereocenters. The van der Waals surface area contributed by atoms with E-state index in [4.69, 9.17) is 10.00 Å². The first kappa shape index (κ1) is 18.4. The molecule has 6 nitrogen and oxygen atoms in total. The lowest BCUT2D eigenvalue weighted by molar-refractivity contribution is -0.137. The van der Waals surface area contributed by atoms with E-state index in [-0.39, 0.29) is 12.2 Å². The Morgan fingerprint density at radius 1 is 1.36 bits per heavy atom. The van der Waals surface area contributed by atoms with Crippen molar-refractivity contribution in [2.45, 2.75) is 19.9 Å². The number of esters is 1. The lowest BCUT2D eigenvalue weighted by Crippen LogP contribution is -2.06. The van der Waals surface area contributed by atoms with Crippen LogP contribution in [-0.2, 0) is 16.1 Å². The molecule has 25 heavy (non-hydrogen) atoms. The Balaban J connectivity index is 2.49. The van der Waals surface area contributed by atoms with Crippen molar-refractivity contribution < 1.29 is 9.53 Å². The number of aromatic nitrogens is 2. The van der Waals surface area contributed by atoms with E-state index in [1.54, 1.807) is 17.8 Å². The first-order chi connectivity index (χ1) is 12.1. The van der Waals surface area contributed by atoms with E-state index in [1.807, 2.05) is 30.3 Å². The smallest absolute Gasteiger partial charge is 0.348 e. The second kappa shape index (κ2) is 8.81. The molecule has 1 aromatic carbocycles. The molecule has 0 fully saturated rings. The van der Waals surface area contributed by atoms with E-state index in [0.717, 1.165) is 10.0 Å². The lowest BCUT2D eigenvalue weighted by Gasteiger charge is -2.01. The molecule has 0 aliphatic carbocycles. The zero-order valence-corrected chi connectivity index (χ0v) is 15.2. The van der Waals surface area contributed by atoms with Gasteiger partial charge in [-0.05, 0) is 25.1 Å². The normalized spacial score (nSPS) is 10.8. The van der Waals surface area contributed by atoms with Crippen molar-refractivity contribution in [2.75, 3.05) is 6.61 Å². The van der Waals surface area contributed by atoms with Crippen LogP contribution in [-0.4, -0.2) is 22.4 Å². The molecule has 2 aromatic rings. The van der Waals surface area contributed by atoms with E-state index in [1.165, 1.54) is 6.08 Å². The van der Waals surface area contributed by atoms with Crippen molar-refractivity contribution in [2.24, 2.45) is 0 Å². The van der Waals surface area contributed by atoms with Gasteiger partial charge < -0.3 is 4.74 Å². The first-order valence-corrected chi connectivity index (χ1v) is 8.37. The molecule has 0 amide bonds. The van der Waals surface area contributed by atoms with Crippen LogP contribution in [0, 0.1) is 22.7 Å². The monoisotopic (exact) mass is 398 g/mol. The van der Waals surface area contributed by atoms with Gasteiger partial charge in [0.25, 0.3) is 0 Å². The number of rotatable bonds is 6. The van der Waals surface area contributed by atoms with Gasteiger partial charge in [-0.15, -0.1) is 0 Å². The zero-order chi connectivity index (χ0) is 18.2. The third kappa shape index (κ3) is 4.79. The topological polar surface area (TPSA) is 91.7 Å². The van der Waals surface area contributed by atoms with Gasteiger partial charge in [0, 0.05) is 21.8 Å². The molecule has 126 valence electrons. The number of nitriles is 2. The summed E-state index contributed by atoms with van der Waals surface area (Å²) in [6, 6.07) is 11.5. The molecule has 0 saturated carbocycles. The summed E-state index contributed by atoms with van der Waals surface area (Å²) >= 11 is 3.39. The predicted octanol–water partition coefficient (Wildman–Crippen LogP) is 3.70. The van der Waals surface area contributed by atoms with Crippen LogP contribution in [0.2, 0.25) is 0 Å². The summed E-state index contributed by atoms with van der Waals surface area (Å²) in [5, 5.41) is 22.5. The Kier molecular flexibility index (Phi) is 6.50. The molecule has 0 spiro atoms. The molecular weight excluding hydrogens is 384 g/mol. The fraction of sp³-hybridized carbons (Fsp3) is 0.222. The van der Waals surface area contributed by atoms with Gasteiger partial charge in [0.2, 0.25) is 0 Å². The number of halogens is 1. The maximum Gasteiger partial charge on any atom is 0.348 e. The average Bonchev–Trinajstić information content (AvgIpc) is 3.01. The predicted molar refractivity (Wildman–Crippen MR) is 95.8 cm³/mol. The van der Waals surface area contributed by atoms with Gasteiger partial charge in [-0.3, -0.25) is 4.68 Å². The van der Waals surface area contributed by atoms with Crippen molar-refractivity contribution in [1.82, 2.24) is 9.78 Å². The van der Waals surface area contributed by atoms with Crippen molar-refractivity contribution in [3.8, 4) is 23.4 Å². The molecular formula is C18H15BrN4O2. The SMILES string of the molecule is CCOC(=O)/C(C#N)=C/c1cn(CCC#N)nc1-c1ccc(Br)cc1. The number of benzene rings is 1. The summed E-state index contributed by atoms with van der Waals surface area (Å²) in [4.78, 5) is 11.9. The molecule has 1 heterocycles. The number of carbonyl (C=O) groups is 1. The highest BCUT2D eigenvalue weighted by molar-refractivity contribution is 9.10. The minimum Gasteiger partial charge on any atom is -0.462 e. The average molecular weight is 399 g/mol. The summed E-state index contributed by atoms with van der Waals surface area (Å²) in [6.45, 7) is 2.30. The van der Waals surface area contributed by atoms with E-state index in [2.05, 4.69) is 27.1 Å². The molecule has 0 aliphatic rings. The fourth-order valence-electron chi connectivity index (χ4n) is 2.15. The van der Waals surface area contributed by atoms with Crippen molar-refractivity contribution in [3.05, 3.63) is 46.1 Å². The zero-order valence-electron chi connectivity index (χ0n) is 13.6. The van der Waals surface area contributed by atoms with Crippen LogP contribution in [0.25, 0.3) is 17.3 Å². The maximum absolute atomic E-state index is 11.9. The van der Waals surface area contributed by atoms with Crippen LogP contribution in [0.15, 0.2) is 40.5 Å². The van der Waals surface area contributed by atoms with E-state index >= 15 is 0 Å². The van der Waals surface area contributed by atoms with Crippen LogP contribution in [0.4, 0.5) is 0 Å². The highest BCUT2D eigenvalue weighted by atomic mass is 79.9. The Bertz CT molecular complexity index is 870. The molecule has 0 unspecified atom stereocenters. The molecule has 0 radical (unpaired) electrons. The molecule has 7 heteroatoms. The van der Waals surface area contributed by atoms with E-state index < -0.39 is 5.97 Å². The van der Waals surface area contributed by atoms with Gasteiger partial charge in [-0.25, -0.2) is 4.79 Å². The number of hydrogen-bond acceptors (Lipinski definition) is 5. The quantitative estimate of drug-likeness (QED) is 0.420. The largest absolute Gasteiger partial charge is 0.462 e. The van der Waals surface area contributed by atoms with Crippen molar-refractivity contribution in [3.63, 3.8) is 0 Å². The van der Waals surface area contributed by atoms with Crippen LogP contribution < -0.4 is 0 Å². The van der Waals surface area contributed by atoms with E-state index in [9.17, 15) is 10.1 Å². The number of hydrogen-bond donors (Lipinski definition) is 0. The maximum atomic E-state index is 11.9. The standard InChI is InChI=1S/C18H15BrN4O2/c1-2-25-18(24)14(11-21)10-15-12-23(9-3-8-20)22-17(15)13-4-6-16(19)7-5-13/h4-7,10,12H,2-3,9H2,1H3/b14-10+. The highest BCUT2D eigenvalue weighted by Crippen LogP contribution is 2.26. The van der Waals surface area contributed by atoms with Crippen LogP contribution in [0.5, 0.6) is 0 Å². The summed E-state index contributed by atoms with van der Waals surface area (Å²) in [5.41, 5.74) is 1.98. The molecule has 0 saturated heterocycles. The van der Waals surface area contributed by atoms with Crippen molar-refractivity contribution >= 4 is 28.0 Å². The molecule has 2 rings (SSSR count). The minimum absolute atomic E-state index is 0.0972. The Morgan fingerprint density at radius 3 is 2.68 bits per heavy atom. The third-order valence-electron chi connectivity index (χ3n) is 3.28. The van der Waals surface area contributed by atoms with Gasteiger partial charge in [0.1, 0.15) is 11.6 Å². The first-order valence-electron chi connectivity index (χ1n) is 7.58. The minimum atomic E-state index is -0.670. The Labute approximate surface area is 154 Å². The van der Waals surface area contributed by atoms with Gasteiger partial charge in [-0.1, -0.05) is 28.1 Å². The number of carbonyl (C=O) groups excluding carboxylic acids is 1. The number of aryl methyl sites for hydroxylation is 1. The Hall–Kier alpha value is -2.90. The summed E-state index contributed by atoms with van der Waals surface area (Å²) in [7, 11) is 0. The summed E-state index contributed by atoms with van der Waals surface area (Å²) in [6.07, 6.45) is 3.49. The van der Waals surface area contributed by atoms with Gasteiger partial charge in [-0.2, -0.15) is 15.6 Å². The second-order valence-corrected chi connectivity index (χ2v) is 5.92. The summed E-state index contributed by atoms with van der Waals surface area (Å²) < 4.78 is 7.46. The van der Waals surface area contributed by atoms with Crippen LogP contribution in [0.1, 0.15) is 18.9 Å². The van der Waals surface area contributed by atoms with Crippen LogP contribution in [0.3, 0.4) is 0 Å². The number of nitrogens with zero attached hydrogens (tertiary/aromatic N) is 4. The molecule has 0 bridgehead atoms. The molecule has 1 aromatic heterocycles. The lowest BCUT2D eigenvalue weighted by atomic mass is 10.1. The number of ether oxygens (including phenoxy) is 1. The van der Waals surface area contributed by atoms with Gasteiger partial charge >= 0.3 is 5.97 Å². The second-order valence-electron chi connectivity index (χ2n) is 5.00. The fourth-order valence-corrected chi connectivity index (χ4v) is 2.42. The highest BCUT2D eigenvalue weighted by Gasteiger charge is 2.15. The molecule has 0 N–H and O–H groups in total. The van der Waals surface area contributed by atoms with Gasteiger partial charge in [0.05, 0.1) is 31.3 Å². The Morgan fingerprint density at radius 2 is 2.08 bits per heavy atom. The van der Waals surface area contributed by atoms with E-state index in [0.29, 0.717) is 24.2 Å². The van der Waals surface area contributed by atoms with Crippen LogP contribution >= 0.6 is 15.9 Å². The van der Waals surface area contributed by atoms with Gasteiger partial charge in [0.15, 0.2) is 0 Å². The third-order valence-corrected chi connectivity index (χ3v) is 3.80. The van der Waals surface area contributed by atoms with Crippen molar-refractivity contribution in [1.29, 1.82) is 10.5 Å².